The van der Waals surface area contributed by atoms with Crippen LogP contribution in [0, 0.1) is 0 Å². The van der Waals surface area contributed by atoms with E-state index in [9.17, 15) is 9.59 Å². The summed E-state index contributed by atoms with van der Waals surface area (Å²) in [6, 6.07) is -0.609. The first kappa shape index (κ1) is 9.70. The molecule has 11 heavy (non-hydrogen) atoms. The number of nitrogens with one attached hydrogen (secondary N) is 3. The van der Waals surface area contributed by atoms with E-state index in [2.05, 4.69) is 10.3 Å². The van der Waals surface area contributed by atoms with Gasteiger partial charge in [0.15, 0.2) is 0 Å². The minimum Gasteiger partial charge on any atom is -0.274 e. The van der Waals surface area contributed by atoms with Crippen molar-refractivity contribution >= 4 is 11.9 Å². The molecular weight excluding hydrogens is 150 g/mol. The van der Waals surface area contributed by atoms with Crippen molar-refractivity contribution in [3.8, 4) is 0 Å². The van der Waals surface area contributed by atoms with Crippen molar-refractivity contribution in [1.29, 1.82) is 0 Å². The van der Waals surface area contributed by atoms with Crippen LogP contribution in [0.3, 0.4) is 0 Å². The van der Waals surface area contributed by atoms with Crippen LogP contribution in [-0.4, -0.2) is 18.5 Å². The predicted octanol–water partition coefficient (Wildman–Crippen LogP) is -0.712. The highest BCUT2D eigenvalue weighted by atomic mass is 16.7. The minimum absolute atomic E-state index is 0.350. The Bertz CT molecular complexity index is 148. The summed E-state index contributed by atoms with van der Waals surface area (Å²) in [5.74, 6) is -0.350. The van der Waals surface area contributed by atoms with E-state index in [-0.39, 0.29) is 5.91 Å². The molecule has 0 bridgehead atoms. The molecule has 3 amide bonds. The number of urea groups is 1. The molecule has 0 atom stereocenters. The van der Waals surface area contributed by atoms with Crippen LogP contribution in [0.4, 0.5) is 4.79 Å². The first-order chi connectivity index (χ1) is 5.16. The molecule has 0 aliphatic carbocycles. The lowest BCUT2D eigenvalue weighted by Gasteiger charge is -2.05. The van der Waals surface area contributed by atoms with Gasteiger partial charge in [-0.15, -0.1) is 0 Å². The highest BCUT2D eigenvalue weighted by Crippen LogP contribution is 1.64. The number of hydrogen-bond acceptors (Lipinski definition) is 3. The quantitative estimate of drug-likeness (QED) is 0.468. The third-order valence-corrected chi connectivity index (χ3v) is 0.661. The van der Waals surface area contributed by atoms with E-state index < -0.39 is 6.03 Å². The Balaban J connectivity index is 3.30. The second kappa shape index (κ2) is 5.48. The summed E-state index contributed by atoms with van der Waals surface area (Å²) in [5.41, 5.74) is 6.14. The van der Waals surface area contributed by atoms with E-state index in [1.165, 1.54) is 6.92 Å². The molecule has 0 aromatic rings. The van der Waals surface area contributed by atoms with Crippen LogP contribution in [0.15, 0.2) is 0 Å². The summed E-state index contributed by atoms with van der Waals surface area (Å²) in [6.07, 6.45) is 0. The molecule has 64 valence electrons. The van der Waals surface area contributed by atoms with Gasteiger partial charge in [0.25, 0.3) is 0 Å². The number of rotatable bonds is 2. The number of hydrazine groups is 1. The molecular formula is C5H11N3O3. The lowest BCUT2D eigenvalue weighted by Crippen LogP contribution is -2.46. The Labute approximate surface area is 64.2 Å². The second-order valence-electron chi connectivity index (χ2n) is 1.67. The van der Waals surface area contributed by atoms with Crippen molar-refractivity contribution in [3.63, 3.8) is 0 Å². The Morgan fingerprint density at radius 1 is 1.36 bits per heavy atom. The summed E-state index contributed by atoms with van der Waals surface area (Å²) >= 11 is 0. The Hall–Kier alpha value is -1.30. The summed E-state index contributed by atoms with van der Waals surface area (Å²) in [5, 5.41) is 0. The normalized spacial score (nSPS) is 8.55. The lowest BCUT2D eigenvalue weighted by molar-refractivity contribution is -0.119. The van der Waals surface area contributed by atoms with E-state index in [4.69, 9.17) is 0 Å². The van der Waals surface area contributed by atoms with Gasteiger partial charge in [-0.05, 0) is 6.92 Å². The molecule has 0 spiro atoms. The lowest BCUT2D eigenvalue weighted by atomic mass is 10.8. The van der Waals surface area contributed by atoms with Crippen LogP contribution in [0.2, 0.25) is 0 Å². The molecule has 6 nitrogen and oxygen atoms in total. The third kappa shape index (κ3) is 6.59. The largest absolute Gasteiger partial charge is 0.357 e. The maximum atomic E-state index is 10.5. The standard InChI is InChI=1S/C5H11N3O3/c1-3-11-8-5(10)7-6-4(2)9/h3H2,1-2H3,(H,6,9)(H2,7,8,10). The van der Waals surface area contributed by atoms with Gasteiger partial charge in [0.05, 0.1) is 6.61 Å². The topological polar surface area (TPSA) is 79.5 Å². The fraction of sp³-hybridized carbons (Fsp3) is 0.600. The molecule has 3 N–H and O–H groups in total. The molecule has 0 saturated heterocycles. The van der Waals surface area contributed by atoms with Crippen LogP contribution in [-0.2, 0) is 9.63 Å². The molecule has 0 heterocycles. The Morgan fingerprint density at radius 2 is 2.00 bits per heavy atom. The fourth-order valence-electron chi connectivity index (χ4n) is 0.308. The van der Waals surface area contributed by atoms with Crippen LogP contribution < -0.4 is 16.3 Å². The Morgan fingerprint density at radius 3 is 2.45 bits per heavy atom. The first-order valence-electron chi connectivity index (χ1n) is 3.11. The Kier molecular flexibility index (Phi) is 4.83. The molecule has 0 unspecified atom stereocenters. The van der Waals surface area contributed by atoms with E-state index in [1.54, 1.807) is 6.92 Å². The van der Waals surface area contributed by atoms with Crippen LogP contribution in [0.1, 0.15) is 13.8 Å². The highest BCUT2D eigenvalue weighted by molar-refractivity contribution is 5.78. The van der Waals surface area contributed by atoms with E-state index in [1.807, 2.05) is 10.9 Å². The number of hydroxylamine groups is 1. The van der Waals surface area contributed by atoms with E-state index in [0.717, 1.165) is 0 Å². The first-order valence-corrected chi connectivity index (χ1v) is 3.11. The number of carbonyl (C=O) groups is 2. The minimum atomic E-state index is -0.609. The molecule has 0 aromatic carbocycles. The van der Waals surface area contributed by atoms with Crippen LogP contribution in [0.5, 0.6) is 0 Å². The van der Waals surface area contributed by atoms with Crippen molar-refractivity contribution in [3.05, 3.63) is 0 Å². The van der Waals surface area contributed by atoms with Crippen molar-refractivity contribution in [2.24, 2.45) is 0 Å². The monoisotopic (exact) mass is 161 g/mol. The second-order valence-corrected chi connectivity index (χ2v) is 1.67. The summed E-state index contributed by atoms with van der Waals surface area (Å²) in [4.78, 5) is 25.3. The zero-order valence-corrected chi connectivity index (χ0v) is 6.43. The van der Waals surface area contributed by atoms with Gasteiger partial charge in [-0.3, -0.25) is 15.1 Å². The average molecular weight is 161 g/mol. The van der Waals surface area contributed by atoms with Gasteiger partial charge in [0, 0.05) is 6.92 Å². The molecule has 0 aromatic heterocycles. The van der Waals surface area contributed by atoms with Crippen molar-refractivity contribution in [2.75, 3.05) is 6.61 Å². The van der Waals surface area contributed by atoms with Crippen LogP contribution in [0.25, 0.3) is 0 Å². The molecule has 0 rings (SSSR count). The SMILES string of the molecule is CCONC(=O)NNC(C)=O. The summed E-state index contributed by atoms with van der Waals surface area (Å²) < 4.78 is 0. The molecule has 0 fully saturated rings. The molecule has 6 heteroatoms. The van der Waals surface area contributed by atoms with Crippen molar-refractivity contribution < 1.29 is 14.4 Å². The highest BCUT2D eigenvalue weighted by Gasteiger charge is 1.97. The maximum Gasteiger partial charge on any atom is 0.357 e. The number of hydrogen-bond donors (Lipinski definition) is 3. The van der Waals surface area contributed by atoms with Gasteiger partial charge >= 0.3 is 6.03 Å². The smallest absolute Gasteiger partial charge is 0.274 e. The third-order valence-electron chi connectivity index (χ3n) is 0.661. The van der Waals surface area contributed by atoms with Crippen molar-refractivity contribution in [1.82, 2.24) is 16.3 Å². The molecule has 0 aliphatic rings. The molecule has 0 saturated carbocycles. The van der Waals surface area contributed by atoms with Gasteiger partial charge in [0.2, 0.25) is 5.91 Å². The number of amides is 3. The summed E-state index contributed by atoms with van der Waals surface area (Å²) in [6.45, 7) is 3.37. The summed E-state index contributed by atoms with van der Waals surface area (Å²) in [7, 11) is 0. The number of carbonyl (C=O) groups excluding carboxylic acids is 2. The predicted molar refractivity (Wildman–Crippen MR) is 37.1 cm³/mol. The van der Waals surface area contributed by atoms with Crippen LogP contribution >= 0.6 is 0 Å². The van der Waals surface area contributed by atoms with Gasteiger partial charge in [-0.1, -0.05) is 0 Å². The molecule has 0 aliphatic heterocycles. The average Bonchev–Trinajstić information content (AvgIpc) is 1.97. The fourth-order valence-corrected chi connectivity index (χ4v) is 0.308. The van der Waals surface area contributed by atoms with Gasteiger partial charge < -0.3 is 0 Å². The van der Waals surface area contributed by atoms with Gasteiger partial charge in [0.1, 0.15) is 0 Å². The van der Waals surface area contributed by atoms with Crippen molar-refractivity contribution in [2.45, 2.75) is 13.8 Å². The zero-order valence-electron chi connectivity index (χ0n) is 6.43. The van der Waals surface area contributed by atoms with E-state index in [0.29, 0.717) is 6.61 Å². The zero-order chi connectivity index (χ0) is 8.69. The van der Waals surface area contributed by atoms with E-state index >= 15 is 0 Å². The van der Waals surface area contributed by atoms with Gasteiger partial charge in [-0.25, -0.2) is 15.7 Å². The molecule has 0 radical (unpaired) electrons. The van der Waals surface area contributed by atoms with Gasteiger partial charge in [-0.2, -0.15) is 0 Å². The maximum absolute atomic E-state index is 10.5.